The topological polar surface area (TPSA) is 102 Å². The molecule has 3 aromatic rings. The number of ether oxygens (including phenoxy) is 1. The lowest BCUT2D eigenvalue weighted by Gasteiger charge is -2.19. The minimum Gasteiger partial charge on any atom is -0.465 e. The van der Waals surface area contributed by atoms with Gasteiger partial charge in [-0.25, -0.2) is 17.6 Å². The molecular formula is C23H23FN2O5S. The van der Waals surface area contributed by atoms with Crippen molar-refractivity contribution < 1.29 is 27.1 Å². The molecule has 0 aliphatic heterocycles. The van der Waals surface area contributed by atoms with Gasteiger partial charge in [0.15, 0.2) is 0 Å². The van der Waals surface area contributed by atoms with E-state index in [1.165, 1.54) is 57.4 Å². The van der Waals surface area contributed by atoms with Crippen molar-refractivity contribution in [2.45, 2.75) is 18.7 Å². The number of anilines is 2. The number of rotatable bonds is 7. The van der Waals surface area contributed by atoms with Gasteiger partial charge in [0.05, 0.1) is 23.0 Å². The smallest absolute Gasteiger partial charge is 0.337 e. The molecule has 7 nitrogen and oxygen atoms in total. The molecule has 2 N–H and O–H groups in total. The molecule has 0 radical (unpaired) electrons. The molecule has 1 amide bonds. The number of hydrogen-bond acceptors (Lipinski definition) is 5. The number of carbonyl (C=O) groups is 2. The normalized spacial score (nSPS) is 11.8. The lowest BCUT2D eigenvalue weighted by atomic mass is 9.94. The fourth-order valence-corrected chi connectivity index (χ4v) is 4.22. The summed E-state index contributed by atoms with van der Waals surface area (Å²) in [6.07, 6.45) is 0. The first-order valence-electron chi connectivity index (χ1n) is 9.69. The highest BCUT2D eigenvalue weighted by Gasteiger charge is 2.27. The zero-order valence-electron chi connectivity index (χ0n) is 17.8. The predicted octanol–water partition coefficient (Wildman–Crippen LogP) is 4.36. The molecule has 0 atom stereocenters. The highest BCUT2D eigenvalue weighted by atomic mass is 32.2. The standard InChI is InChI=1S/C23H23FN2O5S/c1-23(2,14-24)22(28)25-17-8-10-18(11-9-17)26-32(29,30)20-6-4-5-15-13-16(21(27)31-3)7-12-19(15)20/h4-13,26H,14H2,1-3H3,(H,25,28). The number of fused-ring (bicyclic) bond motifs is 1. The summed E-state index contributed by atoms with van der Waals surface area (Å²) in [4.78, 5) is 23.9. The van der Waals surface area contributed by atoms with Gasteiger partial charge in [-0.3, -0.25) is 9.52 Å². The number of nitrogens with one attached hydrogen (secondary N) is 2. The maximum atomic E-state index is 13.0. The fraction of sp³-hybridized carbons (Fsp3) is 0.217. The molecule has 3 rings (SSSR count). The van der Waals surface area contributed by atoms with Crippen molar-refractivity contribution in [3.05, 3.63) is 66.2 Å². The van der Waals surface area contributed by atoms with Gasteiger partial charge in [-0.15, -0.1) is 0 Å². The average Bonchev–Trinajstić information content (AvgIpc) is 2.78. The van der Waals surface area contributed by atoms with E-state index in [-0.39, 0.29) is 10.6 Å². The molecule has 0 unspecified atom stereocenters. The molecule has 0 spiro atoms. The van der Waals surface area contributed by atoms with Crippen LogP contribution in [0.2, 0.25) is 0 Å². The summed E-state index contributed by atoms with van der Waals surface area (Å²) in [5.41, 5.74) is -0.144. The van der Waals surface area contributed by atoms with E-state index in [1.807, 2.05) is 0 Å². The zero-order chi connectivity index (χ0) is 23.5. The van der Waals surface area contributed by atoms with Crippen LogP contribution in [0.5, 0.6) is 0 Å². The van der Waals surface area contributed by atoms with Gasteiger partial charge in [-0.2, -0.15) is 0 Å². The van der Waals surface area contributed by atoms with Crippen LogP contribution in [0.15, 0.2) is 65.6 Å². The molecule has 9 heteroatoms. The molecule has 32 heavy (non-hydrogen) atoms. The molecule has 0 fully saturated rings. The lowest BCUT2D eigenvalue weighted by Crippen LogP contribution is -2.32. The molecule has 0 aliphatic rings. The van der Waals surface area contributed by atoms with Gasteiger partial charge < -0.3 is 10.1 Å². The Labute approximate surface area is 185 Å². The van der Waals surface area contributed by atoms with Gasteiger partial charge in [0, 0.05) is 16.8 Å². The molecule has 3 aromatic carbocycles. The van der Waals surface area contributed by atoms with Crippen molar-refractivity contribution in [3.8, 4) is 0 Å². The minimum absolute atomic E-state index is 0.0495. The van der Waals surface area contributed by atoms with Gasteiger partial charge in [0.1, 0.15) is 6.67 Å². The van der Waals surface area contributed by atoms with Gasteiger partial charge in [-0.05, 0) is 61.7 Å². The Balaban J connectivity index is 1.84. The third kappa shape index (κ3) is 4.88. The predicted molar refractivity (Wildman–Crippen MR) is 121 cm³/mol. The molecule has 168 valence electrons. The molecule has 0 heterocycles. The van der Waals surface area contributed by atoms with E-state index in [1.54, 1.807) is 24.3 Å². The second-order valence-corrected chi connectivity index (χ2v) is 9.49. The van der Waals surface area contributed by atoms with E-state index < -0.39 is 34.0 Å². The number of esters is 1. The van der Waals surface area contributed by atoms with Crippen molar-refractivity contribution in [2.75, 3.05) is 23.8 Å². The number of halogens is 1. The Kier molecular flexibility index (Phi) is 6.50. The molecular weight excluding hydrogens is 435 g/mol. The maximum absolute atomic E-state index is 13.0. The van der Waals surface area contributed by atoms with Crippen LogP contribution in [-0.2, 0) is 19.6 Å². The van der Waals surface area contributed by atoms with E-state index in [9.17, 15) is 22.4 Å². The summed E-state index contributed by atoms with van der Waals surface area (Å²) in [5.74, 6) is -0.990. The number of sulfonamides is 1. The third-order valence-electron chi connectivity index (χ3n) is 4.89. The Hall–Kier alpha value is -3.46. The van der Waals surface area contributed by atoms with Crippen LogP contribution in [0.1, 0.15) is 24.2 Å². The number of hydrogen-bond donors (Lipinski definition) is 2. The summed E-state index contributed by atoms with van der Waals surface area (Å²) in [7, 11) is -2.67. The highest BCUT2D eigenvalue weighted by Crippen LogP contribution is 2.27. The second-order valence-electron chi connectivity index (χ2n) is 7.84. The second kappa shape index (κ2) is 8.96. The SMILES string of the molecule is COC(=O)c1ccc2c(S(=O)(=O)Nc3ccc(NC(=O)C(C)(C)CF)cc3)cccc2c1. The van der Waals surface area contributed by atoms with Crippen LogP contribution in [0.4, 0.5) is 15.8 Å². The van der Waals surface area contributed by atoms with Crippen LogP contribution < -0.4 is 10.0 Å². The highest BCUT2D eigenvalue weighted by molar-refractivity contribution is 7.93. The van der Waals surface area contributed by atoms with Crippen molar-refractivity contribution in [1.82, 2.24) is 0 Å². The number of benzene rings is 3. The fourth-order valence-electron chi connectivity index (χ4n) is 2.93. The Morgan fingerprint density at radius 3 is 2.28 bits per heavy atom. The molecule has 0 aliphatic carbocycles. The van der Waals surface area contributed by atoms with Crippen molar-refractivity contribution >= 4 is 44.0 Å². The average molecular weight is 459 g/mol. The Morgan fingerprint density at radius 1 is 1.00 bits per heavy atom. The van der Waals surface area contributed by atoms with E-state index >= 15 is 0 Å². The first kappa shape index (κ1) is 23.2. The summed E-state index contributed by atoms with van der Waals surface area (Å²) in [6.45, 7) is 2.18. The van der Waals surface area contributed by atoms with Gasteiger partial charge in [-0.1, -0.05) is 18.2 Å². The molecule has 0 saturated heterocycles. The number of carbonyl (C=O) groups excluding carboxylic acids is 2. The maximum Gasteiger partial charge on any atom is 0.337 e. The van der Waals surface area contributed by atoms with Crippen LogP contribution in [0.25, 0.3) is 10.8 Å². The largest absolute Gasteiger partial charge is 0.465 e. The van der Waals surface area contributed by atoms with Crippen LogP contribution in [-0.4, -0.2) is 34.1 Å². The van der Waals surface area contributed by atoms with Crippen LogP contribution >= 0.6 is 0 Å². The summed E-state index contributed by atoms with van der Waals surface area (Å²) >= 11 is 0. The lowest BCUT2D eigenvalue weighted by molar-refractivity contribution is -0.124. The third-order valence-corrected chi connectivity index (χ3v) is 6.33. The van der Waals surface area contributed by atoms with E-state index in [4.69, 9.17) is 4.74 Å². The number of alkyl halides is 1. The first-order chi connectivity index (χ1) is 15.1. The van der Waals surface area contributed by atoms with Crippen LogP contribution in [0.3, 0.4) is 0 Å². The van der Waals surface area contributed by atoms with Gasteiger partial charge in [0.25, 0.3) is 10.0 Å². The van der Waals surface area contributed by atoms with Crippen molar-refractivity contribution in [3.63, 3.8) is 0 Å². The quantitative estimate of drug-likeness (QED) is 0.512. The van der Waals surface area contributed by atoms with Crippen LogP contribution in [0, 0.1) is 5.41 Å². The Bertz CT molecular complexity index is 1270. The first-order valence-corrected chi connectivity index (χ1v) is 11.2. The van der Waals surface area contributed by atoms with Gasteiger partial charge in [0.2, 0.25) is 5.91 Å². The minimum atomic E-state index is -3.94. The molecule has 0 aromatic heterocycles. The summed E-state index contributed by atoms with van der Waals surface area (Å²) in [5, 5.41) is 3.63. The number of methoxy groups -OCH3 is 1. The molecule has 0 bridgehead atoms. The summed E-state index contributed by atoms with van der Waals surface area (Å²) < 4.78 is 46.2. The van der Waals surface area contributed by atoms with Crippen molar-refractivity contribution in [1.29, 1.82) is 0 Å². The van der Waals surface area contributed by atoms with E-state index in [0.717, 1.165) is 0 Å². The van der Waals surface area contributed by atoms with E-state index in [2.05, 4.69) is 10.0 Å². The number of amides is 1. The zero-order valence-corrected chi connectivity index (χ0v) is 18.6. The van der Waals surface area contributed by atoms with Gasteiger partial charge >= 0.3 is 5.97 Å². The summed E-state index contributed by atoms with van der Waals surface area (Å²) in [6, 6.07) is 15.4. The van der Waals surface area contributed by atoms with E-state index in [0.29, 0.717) is 22.0 Å². The Morgan fingerprint density at radius 2 is 1.66 bits per heavy atom. The van der Waals surface area contributed by atoms with Crippen molar-refractivity contribution in [2.24, 2.45) is 5.41 Å². The molecule has 0 saturated carbocycles. The monoisotopic (exact) mass is 458 g/mol.